The van der Waals surface area contributed by atoms with Crippen LogP contribution in [-0.4, -0.2) is 60.6 Å². The van der Waals surface area contributed by atoms with E-state index in [4.69, 9.17) is 4.74 Å². The second kappa shape index (κ2) is 5.46. The molecule has 108 valence electrons. The van der Waals surface area contributed by atoms with Crippen LogP contribution in [0.3, 0.4) is 0 Å². The summed E-state index contributed by atoms with van der Waals surface area (Å²) < 4.78 is 4.82. The summed E-state index contributed by atoms with van der Waals surface area (Å²) in [5.74, 6) is -0.311. The first kappa shape index (κ1) is 14.3. The fourth-order valence-electron chi connectivity index (χ4n) is 2.29. The third-order valence-electron chi connectivity index (χ3n) is 3.64. The van der Waals surface area contributed by atoms with E-state index in [0.717, 1.165) is 13.1 Å². The highest BCUT2D eigenvalue weighted by Crippen LogP contribution is 2.20. The normalized spacial score (nSPS) is 25.0. The average molecular weight is 269 g/mol. The van der Waals surface area contributed by atoms with Crippen molar-refractivity contribution < 1.29 is 14.3 Å². The Hall–Kier alpha value is -1.14. The van der Waals surface area contributed by atoms with Crippen molar-refractivity contribution in [1.82, 2.24) is 15.5 Å². The molecular weight excluding hydrogens is 246 g/mol. The average Bonchev–Trinajstić information content (AvgIpc) is 2.64. The van der Waals surface area contributed by atoms with Crippen LogP contribution in [0.4, 0.5) is 0 Å². The molecule has 0 aromatic rings. The van der Waals surface area contributed by atoms with E-state index >= 15 is 0 Å². The van der Waals surface area contributed by atoms with Crippen LogP contribution >= 0.6 is 0 Å². The van der Waals surface area contributed by atoms with E-state index < -0.39 is 0 Å². The topological polar surface area (TPSA) is 70.7 Å². The van der Waals surface area contributed by atoms with E-state index in [0.29, 0.717) is 13.0 Å². The van der Waals surface area contributed by atoms with E-state index in [1.165, 1.54) is 0 Å². The molecule has 0 aromatic heterocycles. The number of amides is 1. The summed E-state index contributed by atoms with van der Waals surface area (Å²) in [5, 5.41) is 5.89. The van der Waals surface area contributed by atoms with Gasteiger partial charge in [-0.05, 0) is 20.8 Å². The highest BCUT2D eigenvalue weighted by atomic mass is 16.5. The standard InChI is InChI=1S/C13H23N3O3/c1-13(2,3)16-7-9(8-16)15-11(17)6-14-10-4-5-19-12(10)18/h9-10,14H,4-8H2,1-3H3,(H,15,17). The lowest BCUT2D eigenvalue weighted by Crippen LogP contribution is -2.65. The second-order valence-electron chi connectivity index (χ2n) is 6.23. The number of carbonyl (C=O) groups excluding carboxylic acids is 2. The van der Waals surface area contributed by atoms with Gasteiger partial charge in [-0.3, -0.25) is 19.8 Å². The van der Waals surface area contributed by atoms with Gasteiger partial charge in [0.25, 0.3) is 0 Å². The fourth-order valence-corrected chi connectivity index (χ4v) is 2.29. The summed E-state index contributed by atoms with van der Waals surface area (Å²) in [6, 6.07) is -0.0951. The van der Waals surface area contributed by atoms with Crippen LogP contribution in [0.15, 0.2) is 0 Å². The maximum absolute atomic E-state index is 11.7. The van der Waals surface area contributed by atoms with Crippen LogP contribution < -0.4 is 10.6 Å². The first-order valence-electron chi connectivity index (χ1n) is 6.80. The Balaban J connectivity index is 1.62. The summed E-state index contributed by atoms with van der Waals surface area (Å²) in [6.07, 6.45) is 0.646. The zero-order valence-corrected chi connectivity index (χ0v) is 11.9. The van der Waals surface area contributed by atoms with Crippen molar-refractivity contribution in [2.24, 2.45) is 0 Å². The summed E-state index contributed by atoms with van der Waals surface area (Å²) >= 11 is 0. The number of cyclic esters (lactones) is 1. The Morgan fingerprint density at radius 3 is 2.63 bits per heavy atom. The zero-order valence-electron chi connectivity index (χ0n) is 11.9. The molecule has 2 aliphatic heterocycles. The molecular formula is C13H23N3O3. The van der Waals surface area contributed by atoms with Gasteiger partial charge in [-0.25, -0.2) is 0 Å². The number of nitrogens with one attached hydrogen (secondary N) is 2. The van der Waals surface area contributed by atoms with E-state index in [-0.39, 0.29) is 36.0 Å². The van der Waals surface area contributed by atoms with Crippen LogP contribution in [0.2, 0.25) is 0 Å². The molecule has 6 heteroatoms. The van der Waals surface area contributed by atoms with Gasteiger partial charge >= 0.3 is 5.97 Å². The second-order valence-corrected chi connectivity index (χ2v) is 6.23. The molecule has 0 bridgehead atoms. The first-order valence-corrected chi connectivity index (χ1v) is 6.80. The smallest absolute Gasteiger partial charge is 0.323 e. The highest BCUT2D eigenvalue weighted by Gasteiger charge is 2.35. The molecule has 2 fully saturated rings. The van der Waals surface area contributed by atoms with Gasteiger partial charge in [0, 0.05) is 25.0 Å². The van der Waals surface area contributed by atoms with Crippen molar-refractivity contribution in [2.45, 2.75) is 44.8 Å². The number of rotatable bonds is 4. The minimum atomic E-state index is -0.321. The summed E-state index contributed by atoms with van der Waals surface area (Å²) in [6.45, 7) is 8.89. The maximum atomic E-state index is 11.7. The SMILES string of the molecule is CC(C)(C)N1CC(NC(=O)CNC2CCOC2=O)C1. The number of hydrogen-bond donors (Lipinski definition) is 2. The van der Waals surface area contributed by atoms with Gasteiger partial charge in [0.15, 0.2) is 0 Å². The van der Waals surface area contributed by atoms with Gasteiger partial charge in [-0.15, -0.1) is 0 Å². The van der Waals surface area contributed by atoms with Crippen molar-refractivity contribution in [3.63, 3.8) is 0 Å². The fraction of sp³-hybridized carbons (Fsp3) is 0.846. The molecule has 2 saturated heterocycles. The van der Waals surface area contributed by atoms with Gasteiger partial charge in [0.2, 0.25) is 5.91 Å². The van der Waals surface area contributed by atoms with Crippen molar-refractivity contribution in [3.8, 4) is 0 Å². The van der Waals surface area contributed by atoms with Gasteiger partial charge in [0.05, 0.1) is 19.2 Å². The van der Waals surface area contributed by atoms with Crippen LogP contribution in [0.5, 0.6) is 0 Å². The Morgan fingerprint density at radius 1 is 1.42 bits per heavy atom. The van der Waals surface area contributed by atoms with Crippen LogP contribution in [0.25, 0.3) is 0 Å². The number of hydrogen-bond acceptors (Lipinski definition) is 5. The Labute approximate surface area is 113 Å². The molecule has 0 spiro atoms. The molecule has 2 aliphatic rings. The van der Waals surface area contributed by atoms with E-state index in [2.05, 4.69) is 36.3 Å². The Morgan fingerprint density at radius 2 is 2.11 bits per heavy atom. The highest BCUT2D eigenvalue weighted by molar-refractivity contribution is 5.81. The summed E-state index contributed by atoms with van der Waals surface area (Å²) in [4.78, 5) is 25.2. The zero-order chi connectivity index (χ0) is 14.0. The molecule has 0 aromatic carbocycles. The first-order chi connectivity index (χ1) is 8.86. The lowest BCUT2D eigenvalue weighted by molar-refractivity contribution is -0.139. The Kier molecular flexibility index (Phi) is 4.10. The lowest BCUT2D eigenvalue weighted by Gasteiger charge is -2.47. The van der Waals surface area contributed by atoms with E-state index in [1.54, 1.807) is 0 Å². The molecule has 0 aliphatic carbocycles. The lowest BCUT2D eigenvalue weighted by atomic mass is 9.98. The number of likely N-dealkylation sites (tertiary alicyclic amines) is 1. The molecule has 0 saturated carbocycles. The predicted molar refractivity (Wildman–Crippen MR) is 70.6 cm³/mol. The molecule has 2 rings (SSSR count). The van der Waals surface area contributed by atoms with E-state index in [9.17, 15) is 9.59 Å². The van der Waals surface area contributed by atoms with Crippen molar-refractivity contribution in [2.75, 3.05) is 26.2 Å². The van der Waals surface area contributed by atoms with Gasteiger partial charge in [-0.1, -0.05) is 0 Å². The monoisotopic (exact) mass is 269 g/mol. The molecule has 6 nitrogen and oxygen atoms in total. The van der Waals surface area contributed by atoms with Gasteiger partial charge < -0.3 is 10.1 Å². The predicted octanol–water partition coefficient (Wildman–Crippen LogP) is -0.510. The molecule has 2 heterocycles. The molecule has 1 unspecified atom stereocenters. The minimum Gasteiger partial charge on any atom is -0.464 e. The number of esters is 1. The largest absolute Gasteiger partial charge is 0.464 e. The molecule has 1 amide bonds. The minimum absolute atomic E-state index is 0.0572. The van der Waals surface area contributed by atoms with Gasteiger partial charge in [0.1, 0.15) is 6.04 Å². The van der Waals surface area contributed by atoms with Crippen LogP contribution in [0, 0.1) is 0 Å². The summed E-state index contributed by atoms with van der Waals surface area (Å²) in [7, 11) is 0. The van der Waals surface area contributed by atoms with Crippen molar-refractivity contribution in [3.05, 3.63) is 0 Å². The molecule has 19 heavy (non-hydrogen) atoms. The van der Waals surface area contributed by atoms with Crippen LogP contribution in [-0.2, 0) is 14.3 Å². The van der Waals surface area contributed by atoms with Crippen LogP contribution in [0.1, 0.15) is 27.2 Å². The molecule has 0 radical (unpaired) electrons. The quantitative estimate of drug-likeness (QED) is 0.673. The van der Waals surface area contributed by atoms with E-state index in [1.807, 2.05) is 0 Å². The van der Waals surface area contributed by atoms with Crippen molar-refractivity contribution >= 4 is 11.9 Å². The maximum Gasteiger partial charge on any atom is 0.323 e. The molecule has 1 atom stereocenters. The Bertz CT molecular complexity index is 359. The third kappa shape index (κ3) is 3.67. The number of nitrogens with zero attached hydrogens (tertiary/aromatic N) is 1. The van der Waals surface area contributed by atoms with Gasteiger partial charge in [-0.2, -0.15) is 0 Å². The summed E-state index contributed by atoms with van der Waals surface area (Å²) in [5.41, 5.74) is 0.160. The third-order valence-corrected chi connectivity index (χ3v) is 3.64. The number of carbonyl (C=O) groups is 2. The molecule has 2 N–H and O–H groups in total. The number of ether oxygens (including phenoxy) is 1. The van der Waals surface area contributed by atoms with Crippen molar-refractivity contribution in [1.29, 1.82) is 0 Å².